The SMILES string of the molecule is CN1C[C@@H](N)C[C@@H](Nc2ncc(Cl)c(-c3c[nH]c4ccccc34)n2)C1. The van der Waals surface area contributed by atoms with Crippen molar-refractivity contribution in [3.63, 3.8) is 0 Å². The minimum atomic E-state index is 0.164. The van der Waals surface area contributed by atoms with Crippen molar-refractivity contribution in [3.05, 3.63) is 41.7 Å². The van der Waals surface area contributed by atoms with Crippen molar-refractivity contribution in [2.45, 2.75) is 18.5 Å². The average Bonchev–Trinajstić information content (AvgIpc) is 3.00. The summed E-state index contributed by atoms with van der Waals surface area (Å²) in [6, 6.07) is 8.49. The van der Waals surface area contributed by atoms with E-state index < -0.39 is 0 Å². The zero-order valence-electron chi connectivity index (χ0n) is 14.0. The van der Waals surface area contributed by atoms with E-state index in [1.54, 1.807) is 6.20 Å². The molecule has 0 radical (unpaired) electrons. The van der Waals surface area contributed by atoms with Gasteiger partial charge in [0.05, 0.1) is 16.9 Å². The number of rotatable bonds is 3. The van der Waals surface area contributed by atoms with E-state index in [2.05, 4.69) is 38.3 Å². The number of nitrogens with two attached hydrogens (primary N) is 1. The fourth-order valence-electron chi connectivity index (χ4n) is 3.55. The lowest BCUT2D eigenvalue weighted by Crippen LogP contribution is -2.50. The number of hydrogen-bond acceptors (Lipinski definition) is 5. The quantitative estimate of drug-likeness (QED) is 0.672. The van der Waals surface area contributed by atoms with Gasteiger partial charge < -0.3 is 20.9 Å². The number of piperidine rings is 1. The maximum atomic E-state index is 6.38. The van der Waals surface area contributed by atoms with Crippen LogP contribution in [0.4, 0.5) is 5.95 Å². The first-order chi connectivity index (χ1) is 12.1. The Bertz CT molecular complexity index is 882. The van der Waals surface area contributed by atoms with E-state index in [4.69, 9.17) is 17.3 Å². The molecule has 25 heavy (non-hydrogen) atoms. The maximum Gasteiger partial charge on any atom is 0.223 e. The number of fused-ring (bicyclic) bond motifs is 1. The Hall–Kier alpha value is -2.15. The Morgan fingerprint density at radius 2 is 2.16 bits per heavy atom. The lowest BCUT2D eigenvalue weighted by atomic mass is 10.0. The lowest BCUT2D eigenvalue weighted by Gasteiger charge is -2.34. The molecule has 0 bridgehead atoms. The molecule has 3 aromatic rings. The molecule has 1 saturated heterocycles. The molecule has 0 saturated carbocycles. The number of nitrogens with zero attached hydrogens (tertiary/aromatic N) is 3. The normalized spacial score (nSPS) is 21.6. The second kappa shape index (κ2) is 6.63. The smallest absolute Gasteiger partial charge is 0.223 e. The second-order valence-corrected chi connectivity index (χ2v) is 7.10. The van der Waals surface area contributed by atoms with Gasteiger partial charge in [0.1, 0.15) is 0 Å². The van der Waals surface area contributed by atoms with Gasteiger partial charge in [0, 0.05) is 47.8 Å². The van der Waals surface area contributed by atoms with Crippen molar-refractivity contribution in [1.29, 1.82) is 0 Å². The molecule has 1 fully saturated rings. The summed E-state index contributed by atoms with van der Waals surface area (Å²) in [6.07, 6.45) is 4.49. The van der Waals surface area contributed by atoms with Crippen LogP contribution in [0, 0.1) is 0 Å². The number of nitrogens with one attached hydrogen (secondary N) is 2. The van der Waals surface area contributed by atoms with E-state index in [-0.39, 0.29) is 12.1 Å². The Labute approximate surface area is 151 Å². The minimum Gasteiger partial charge on any atom is -0.360 e. The summed E-state index contributed by atoms with van der Waals surface area (Å²) in [4.78, 5) is 14.5. The van der Waals surface area contributed by atoms with Gasteiger partial charge >= 0.3 is 0 Å². The first kappa shape index (κ1) is 16.3. The number of benzene rings is 1. The molecule has 0 aliphatic carbocycles. The Morgan fingerprint density at radius 1 is 1.32 bits per heavy atom. The first-order valence-corrected chi connectivity index (χ1v) is 8.77. The van der Waals surface area contributed by atoms with E-state index in [1.807, 2.05) is 24.4 Å². The summed E-state index contributed by atoms with van der Waals surface area (Å²) in [5.41, 5.74) is 8.87. The van der Waals surface area contributed by atoms with Crippen LogP contribution in [0.15, 0.2) is 36.7 Å². The highest BCUT2D eigenvalue weighted by molar-refractivity contribution is 6.33. The van der Waals surface area contributed by atoms with Crippen molar-refractivity contribution in [2.24, 2.45) is 5.73 Å². The molecule has 4 rings (SSSR count). The van der Waals surface area contributed by atoms with E-state index in [9.17, 15) is 0 Å². The topological polar surface area (TPSA) is 82.9 Å². The van der Waals surface area contributed by atoms with Crippen LogP contribution in [0.2, 0.25) is 5.02 Å². The highest BCUT2D eigenvalue weighted by Gasteiger charge is 2.23. The standard InChI is InChI=1S/C18H21ClN6/c1-25-9-11(20)6-12(10-25)23-18-22-8-15(19)17(24-18)14-7-21-16-5-3-2-4-13(14)16/h2-5,7-8,11-12,21H,6,9-10,20H2,1H3,(H,22,23,24)/t11-,12+/m0/s1. The number of likely N-dealkylation sites (N-methyl/N-ethyl adjacent to an activating group) is 1. The van der Waals surface area contributed by atoms with E-state index in [0.717, 1.165) is 41.7 Å². The third-order valence-electron chi connectivity index (χ3n) is 4.59. The molecule has 2 aromatic heterocycles. The molecule has 0 unspecified atom stereocenters. The fraction of sp³-hybridized carbons (Fsp3) is 0.333. The molecule has 7 heteroatoms. The van der Waals surface area contributed by atoms with Gasteiger partial charge in [0.25, 0.3) is 0 Å². The molecule has 6 nitrogen and oxygen atoms in total. The van der Waals surface area contributed by atoms with E-state index in [1.165, 1.54) is 0 Å². The Morgan fingerprint density at radius 3 is 3.00 bits per heavy atom. The Balaban J connectivity index is 1.65. The van der Waals surface area contributed by atoms with Gasteiger partial charge in [-0.2, -0.15) is 0 Å². The summed E-state index contributed by atoms with van der Waals surface area (Å²) in [5.74, 6) is 0.581. The van der Waals surface area contributed by atoms with Gasteiger partial charge in [-0.3, -0.25) is 0 Å². The van der Waals surface area contributed by atoms with Crippen LogP contribution in [0.25, 0.3) is 22.2 Å². The number of halogens is 1. The van der Waals surface area contributed by atoms with Crippen LogP contribution in [0.1, 0.15) is 6.42 Å². The van der Waals surface area contributed by atoms with Gasteiger partial charge in [-0.15, -0.1) is 0 Å². The zero-order chi connectivity index (χ0) is 17.4. The number of para-hydroxylation sites is 1. The number of anilines is 1. The van der Waals surface area contributed by atoms with E-state index >= 15 is 0 Å². The summed E-state index contributed by atoms with van der Waals surface area (Å²) in [6.45, 7) is 1.84. The van der Waals surface area contributed by atoms with Gasteiger partial charge in [0.2, 0.25) is 5.95 Å². The number of aromatic amines is 1. The highest BCUT2D eigenvalue weighted by atomic mass is 35.5. The average molecular weight is 357 g/mol. The van der Waals surface area contributed by atoms with E-state index in [0.29, 0.717) is 11.0 Å². The molecule has 130 valence electrons. The molecule has 0 amide bonds. The summed E-state index contributed by atoms with van der Waals surface area (Å²) in [5, 5.41) is 5.03. The number of H-pyrrole nitrogens is 1. The van der Waals surface area contributed by atoms with Gasteiger partial charge in [-0.1, -0.05) is 29.8 Å². The number of aromatic nitrogens is 3. The van der Waals surface area contributed by atoms with Crippen LogP contribution in [-0.2, 0) is 0 Å². The van der Waals surface area contributed by atoms with Crippen molar-refractivity contribution in [2.75, 3.05) is 25.5 Å². The second-order valence-electron chi connectivity index (χ2n) is 6.70. The maximum absolute atomic E-state index is 6.38. The zero-order valence-corrected chi connectivity index (χ0v) is 14.8. The summed E-state index contributed by atoms with van der Waals surface area (Å²) in [7, 11) is 2.08. The third kappa shape index (κ3) is 3.33. The van der Waals surface area contributed by atoms with Crippen LogP contribution in [0.3, 0.4) is 0 Å². The van der Waals surface area contributed by atoms with Crippen molar-refractivity contribution in [1.82, 2.24) is 19.9 Å². The Kier molecular flexibility index (Phi) is 4.33. The van der Waals surface area contributed by atoms with Crippen molar-refractivity contribution in [3.8, 4) is 11.3 Å². The molecule has 2 atom stereocenters. The third-order valence-corrected chi connectivity index (χ3v) is 4.86. The van der Waals surface area contributed by atoms with Gasteiger partial charge in [0.15, 0.2) is 0 Å². The van der Waals surface area contributed by atoms with Crippen LogP contribution >= 0.6 is 11.6 Å². The van der Waals surface area contributed by atoms with Crippen molar-refractivity contribution >= 4 is 28.5 Å². The predicted molar refractivity (Wildman–Crippen MR) is 102 cm³/mol. The molecular weight excluding hydrogens is 336 g/mol. The van der Waals surface area contributed by atoms with Crippen LogP contribution in [0.5, 0.6) is 0 Å². The molecular formula is C18H21ClN6. The largest absolute Gasteiger partial charge is 0.360 e. The lowest BCUT2D eigenvalue weighted by molar-refractivity contribution is 0.236. The molecule has 0 spiro atoms. The number of likely N-dealkylation sites (tertiary alicyclic amines) is 1. The minimum absolute atomic E-state index is 0.164. The molecule has 3 heterocycles. The molecule has 1 aliphatic heterocycles. The summed E-state index contributed by atoms with van der Waals surface area (Å²) >= 11 is 6.38. The van der Waals surface area contributed by atoms with Crippen molar-refractivity contribution < 1.29 is 0 Å². The molecule has 1 aromatic carbocycles. The van der Waals surface area contributed by atoms with Crippen LogP contribution < -0.4 is 11.1 Å². The predicted octanol–water partition coefficient (Wildman–Crippen LogP) is 2.72. The van der Waals surface area contributed by atoms with Gasteiger partial charge in [-0.25, -0.2) is 9.97 Å². The monoisotopic (exact) mass is 356 g/mol. The summed E-state index contributed by atoms with van der Waals surface area (Å²) < 4.78 is 0. The fourth-order valence-corrected chi connectivity index (χ4v) is 3.74. The number of hydrogen-bond donors (Lipinski definition) is 3. The molecule has 4 N–H and O–H groups in total. The molecule has 1 aliphatic rings. The highest BCUT2D eigenvalue weighted by Crippen LogP contribution is 2.32. The van der Waals surface area contributed by atoms with Gasteiger partial charge in [-0.05, 0) is 19.5 Å². The first-order valence-electron chi connectivity index (χ1n) is 8.40. The van der Waals surface area contributed by atoms with Crippen LogP contribution in [-0.4, -0.2) is 52.1 Å².